The van der Waals surface area contributed by atoms with Crippen molar-refractivity contribution in [1.29, 1.82) is 0 Å². The average Bonchev–Trinajstić information content (AvgIpc) is 1.65. The molecule has 0 aromatic heterocycles. The number of hydrogen-bond acceptors (Lipinski definition) is 2. The Bertz CT molecular complexity index is 68.9. The van der Waals surface area contributed by atoms with Gasteiger partial charge in [0.25, 0.3) is 0 Å². The maximum atomic E-state index is 3.71. The highest BCUT2D eigenvalue weighted by Crippen LogP contribution is 1.93. The van der Waals surface area contributed by atoms with Crippen molar-refractivity contribution in [3.8, 4) is 0 Å². The van der Waals surface area contributed by atoms with E-state index in [1.165, 1.54) is 0 Å². The number of hydrazone groups is 1. The van der Waals surface area contributed by atoms with E-state index in [1.54, 1.807) is 0 Å². The van der Waals surface area contributed by atoms with Gasteiger partial charge in [-0.2, -0.15) is 5.10 Å². The van der Waals surface area contributed by atoms with Crippen molar-refractivity contribution < 1.29 is 0 Å². The van der Waals surface area contributed by atoms with E-state index in [0.29, 0.717) is 5.92 Å². The van der Waals surface area contributed by atoms with Crippen LogP contribution in [0.3, 0.4) is 0 Å². The number of nitrogens with zero attached hydrogens (tertiary/aromatic N) is 2. The van der Waals surface area contributed by atoms with Gasteiger partial charge in [0.1, 0.15) is 0 Å². The van der Waals surface area contributed by atoms with Crippen LogP contribution in [0.4, 0.5) is 0 Å². The van der Waals surface area contributed by atoms with Gasteiger partial charge in [0, 0.05) is 20.3 Å². The first-order valence-electron chi connectivity index (χ1n) is 2.84. The molecule has 0 heterocycles. The Morgan fingerprint density at radius 2 is 2.12 bits per heavy atom. The van der Waals surface area contributed by atoms with E-state index in [9.17, 15) is 0 Å². The van der Waals surface area contributed by atoms with Crippen LogP contribution in [0.5, 0.6) is 0 Å². The minimum absolute atomic E-state index is 0.672. The van der Waals surface area contributed by atoms with Crippen LogP contribution in [0.15, 0.2) is 5.10 Å². The fourth-order valence-electron chi connectivity index (χ4n) is 0.586. The molecule has 0 aromatic carbocycles. The molecule has 0 rings (SSSR count). The van der Waals surface area contributed by atoms with Crippen LogP contribution in [0.1, 0.15) is 13.8 Å². The molecular weight excluding hydrogens is 100 g/mol. The molecule has 0 radical (unpaired) electrons. The highest BCUT2D eigenvalue weighted by Gasteiger charge is 1.94. The Morgan fingerprint density at radius 3 is 2.25 bits per heavy atom. The van der Waals surface area contributed by atoms with Crippen molar-refractivity contribution in [2.45, 2.75) is 13.8 Å². The summed E-state index contributed by atoms with van der Waals surface area (Å²) in [5.41, 5.74) is 0. The molecule has 2 nitrogen and oxygen atoms in total. The van der Waals surface area contributed by atoms with Crippen molar-refractivity contribution in [3.05, 3.63) is 0 Å². The predicted octanol–water partition coefficient (Wildman–Crippen LogP) is 1.19. The Morgan fingerprint density at radius 1 is 1.62 bits per heavy atom. The molecule has 0 aromatic rings. The SMILES string of the molecule is C=NN(C)CC(C)C. The zero-order chi connectivity index (χ0) is 6.57. The molecule has 0 saturated heterocycles. The Labute approximate surface area is 51.2 Å². The second-order valence-electron chi connectivity index (χ2n) is 2.38. The molecule has 0 saturated carbocycles. The molecule has 0 N–H and O–H groups in total. The first kappa shape index (κ1) is 7.47. The molecule has 0 amide bonds. The Kier molecular flexibility index (Phi) is 3.24. The minimum atomic E-state index is 0.672. The molecular formula is C6H14N2. The van der Waals surface area contributed by atoms with E-state index < -0.39 is 0 Å². The smallest absolute Gasteiger partial charge is 0.0379 e. The zero-order valence-corrected chi connectivity index (χ0v) is 5.89. The summed E-state index contributed by atoms with van der Waals surface area (Å²) in [6.07, 6.45) is 0. The lowest BCUT2D eigenvalue weighted by molar-refractivity contribution is 0.313. The van der Waals surface area contributed by atoms with Crippen LogP contribution >= 0.6 is 0 Å². The lowest BCUT2D eigenvalue weighted by Gasteiger charge is -2.13. The van der Waals surface area contributed by atoms with Crippen molar-refractivity contribution >= 4 is 6.72 Å². The molecule has 0 aliphatic carbocycles. The first-order valence-corrected chi connectivity index (χ1v) is 2.84. The Hall–Kier alpha value is -0.530. The van der Waals surface area contributed by atoms with Crippen LogP contribution in [0.2, 0.25) is 0 Å². The molecule has 48 valence electrons. The molecule has 0 unspecified atom stereocenters. The topological polar surface area (TPSA) is 15.6 Å². The highest BCUT2D eigenvalue weighted by molar-refractivity contribution is 5.22. The second-order valence-corrected chi connectivity index (χ2v) is 2.38. The van der Waals surface area contributed by atoms with E-state index >= 15 is 0 Å². The molecule has 0 spiro atoms. The molecule has 0 atom stereocenters. The van der Waals surface area contributed by atoms with E-state index in [0.717, 1.165) is 6.54 Å². The van der Waals surface area contributed by atoms with Gasteiger partial charge in [-0.1, -0.05) is 13.8 Å². The average molecular weight is 114 g/mol. The summed E-state index contributed by atoms with van der Waals surface area (Å²) >= 11 is 0. The lowest BCUT2D eigenvalue weighted by Crippen LogP contribution is -2.16. The molecule has 0 aliphatic rings. The van der Waals surface area contributed by atoms with Crippen LogP contribution in [0.25, 0.3) is 0 Å². The zero-order valence-electron chi connectivity index (χ0n) is 5.89. The lowest BCUT2D eigenvalue weighted by atomic mass is 10.2. The van der Waals surface area contributed by atoms with Gasteiger partial charge < -0.3 is 5.01 Å². The summed E-state index contributed by atoms with van der Waals surface area (Å²) in [5, 5.41) is 5.55. The number of hydrogen-bond donors (Lipinski definition) is 0. The quantitative estimate of drug-likeness (QED) is 0.397. The van der Waals surface area contributed by atoms with Crippen molar-refractivity contribution in [3.63, 3.8) is 0 Å². The molecule has 0 bridgehead atoms. The first-order chi connectivity index (χ1) is 3.66. The van der Waals surface area contributed by atoms with E-state index in [2.05, 4.69) is 25.7 Å². The third-order valence-corrected chi connectivity index (χ3v) is 0.871. The third kappa shape index (κ3) is 3.65. The fraction of sp³-hybridized carbons (Fsp3) is 0.833. The van der Waals surface area contributed by atoms with Gasteiger partial charge in [0.05, 0.1) is 0 Å². The van der Waals surface area contributed by atoms with Crippen molar-refractivity contribution in [1.82, 2.24) is 5.01 Å². The molecule has 8 heavy (non-hydrogen) atoms. The van der Waals surface area contributed by atoms with E-state index in [-0.39, 0.29) is 0 Å². The highest BCUT2D eigenvalue weighted by atomic mass is 15.4. The van der Waals surface area contributed by atoms with Gasteiger partial charge in [-0.3, -0.25) is 0 Å². The third-order valence-electron chi connectivity index (χ3n) is 0.871. The molecule has 0 fully saturated rings. The van der Waals surface area contributed by atoms with Crippen LogP contribution < -0.4 is 0 Å². The largest absolute Gasteiger partial charge is 0.300 e. The van der Waals surface area contributed by atoms with Crippen LogP contribution in [0, 0.1) is 5.92 Å². The second kappa shape index (κ2) is 3.47. The van der Waals surface area contributed by atoms with E-state index in [4.69, 9.17) is 0 Å². The van der Waals surface area contributed by atoms with Gasteiger partial charge in [0.2, 0.25) is 0 Å². The fourth-order valence-corrected chi connectivity index (χ4v) is 0.586. The van der Waals surface area contributed by atoms with Gasteiger partial charge in [-0.15, -0.1) is 0 Å². The summed E-state index contributed by atoms with van der Waals surface area (Å²) in [6.45, 7) is 8.69. The van der Waals surface area contributed by atoms with Crippen molar-refractivity contribution in [2.75, 3.05) is 13.6 Å². The van der Waals surface area contributed by atoms with Gasteiger partial charge >= 0.3 is 0 Å². The minimum Gasteiger partial charge on any atom is -0.300 e. The summed E-state index contributed by atoms with van der Waals surface area (Å²) in [6, 6.07) is 0. The Balaban J connectivity index is 3.23. The summed E-state index contributed by atoms with van der Waals surface area (Å²) in [4.78, 5) is 0. The predicted molar refractivity (Wildman–Crippen MR) is 37.0 cm³/mol. The molecule has 2 heteroatoms. The monoisotopic (exact) mass is 114 g/mol. The number of rotatable bonds is 3. The molecule has 0 aliphatic heterocycles. The van der Waals surface area contributed by atoms with Gasteiger partial charge in [0.15, 0.2) is 0 Å². The van der Waals surface area contributed by atoms with E-state index in [1.807, 2.05) is 12.1 Å². The van der Waals surface area contributed by atoms with Crippen LogP contribution in [-0.2, 0) is 0 Å². The summed E-state index contributed by atoms with van der Waals surface area (Å²) in [7, 11) is 1.92. The maximum Gasteiger partial charge on any atom is 0.0379 e. The standard InChI is InChI=1S/C6H14N2/c1-6(2)5-8(4)7-3/h6H,3,5H2,1-2,4H3. The normalized spacial score (nSPS) is 9.50. The van der Waals surface area contributed by atoms with Gasteiger partial charge in [-0.05, 0) is 5.92 Å². The van der Waals surface area contributed by atoms with Crippen LogP contribution in [-0.4, -0.2) is 25.3 Å². The maximum absolute atomic E-state index is 3.71. The van der Waals surface area contributed by atoms with Crippen molar-refractivity contribution in [2.24, 2.45) is 11.0 Å². The summed E-state index contributed by atoms with van der Waals surface area (Å²) in [5.74, 6) is 0.672. The summed E-state index contributed by atoms with van der Waals surface area (Å²) < 4.78 is 0. The van der Waals surface area contributed by atoms with Gasteiger partial charge in [-0.25, -0.2) is 0 Å².